The standard InChI is InChI=1S/C25H27NO3S/c1-17(2)13-22(27)21-10-11-23(18(3)25(21)28)29-15-19-7-6-8-20(14-19)16-30-24-9-4-5-12-26-24/h4-12,14,17,28H,13,15-16H2,1-3H3. The van der Waals surface area contributed by atoms with Crippen LogP contribution in [0.5, 0.6) is 11.5 Å². The topological polar surface area (TPSA) is 59.4 Å². The molecule has 0 amide bonds. The van der Waals surface area contributed by atoms with Crippen LogP contribution in [0.25, 0.3) is 0 Å². The number of hydrogen-bond acceptors (Lipinski definition) is 5. The van der Waals surface area contributed by atoms with E-state index in [1.54, 1.807) is 37.0 Å². The molecule has 0 aliphatic rings. The Kier molecular flexibility index (Phi) is 7.52. The fourth-order valence-electron chi connectivity index (χ4n) is 3.10. The first-order chi connectivity index (χ1) is 14.4. The van der Waals surface area contributed by atoms with E-state index < -0.39 is 0 Å². The number of ketones is 1. The smallest absolute Gasteiger partial charge is 0.166 e. The largest absolute Gasteiger partial charge is 0.507 e. The van der Waals surface area contributed by atoms with Gasteiger partial charge in [-0.1, -0.05) is 44.2 Å². The van der Waals surface area contributed by atoms with Crippen LogP contribution in [-0.4, -0.2) is 15.9 Å². The van der Waals surface area contributed by atoms with E-state index in [1.807, 2.05) is 44.2 Å². The molecule has 0 radical (unpaired) electrons. The second-order valence-corrected chi connectivity index (χ2v) is 8.67. The zero-order chi connectivity index (χ0) is 21.5. The summed E-state index contributed by atoms with van der Waals surface area (Å²) in [5, 5.41) is 11.5. The van der Waals surface area contributed by atoms with Crippen molar-refractivity contribution in [2.45, 2.75) is 44.6 Å². The number of pyridine rings is 1. The Hall–Kier alpha value is -2.79. The molecule has 30 heavy (non-hydrogen) atoms. The van der Waals surface area contributed by atoms with Gasteiger partial charge in [0, 0.05) is 23.9 Å². The Labute approximate surface area is 182 Å². The summed E-state index contributed by atoms with van der Waals surface area (Å²) < 4.78 is 5.95. The highest BCUT2D eigenvalue weighted by Gasteiger charge is 2.17. The lowest BCUT2D eigenvalue weighted by Crippen LogP contribution is -2.05. The van der Waals surface area contributed by atoms with Gasteiger partial charge in [-0.15, -0.1) is 11.8 Å². The minimum absolute atomic E-state index is 0.0126. The molecule has 0 unspecified atom stereocenters. The van der Waals surface area contributed by atoms with Crippen LogP contribution in [0.3, 0.4) is 0 Å². The number of phenols is 1. The molecular formula is C25H27NO3S. The normalized spacial score (nSPS) is 10.9. The fourth-order valence-corrected chi connectivity index (χ4v) is 3.91. The van der Waals surface area contributed by atoms with Crippen LogP contribution < -0.4 is 4.74 Å². The number of rotatable bonds is 9. The first kappa shape index (κ1) is 21.9. The summed E-state index contributed by atoms with van der Waals surface area (Å²) in [4.78, 5) is 16.6. The number of Topliss-reactive ketones (excluding diaryl/α,β-unsaturated/α-hetero) is 1. The second kappa shape index (κ2) is 10.3. The maximum Gasteiger partial charge on any atom is 0.166 e. The fraction of sp³-hybridized carbons (Fsp3) is 0.280. The summed E-state index contributed by atoms with van der Waals surface area (Å²) >= 11 is 1.69. The number of aromatic nitrogens is 1. The Bertz CT molecular complexity index is 1000. The van der Waals surface area contributed by atoms with Gasteiger partial charge in [0.15, 0.2) is 5.78 Å². The second-order valence-electron chi connectivity index (χ2n) is 7.67. The van der Waals surface area contributed by atoms with Crippen LogP contribution >= 0.6 is 11.8 Å². The number of hydrogen-bond donors (Lipinski definition) is 1. The van der Waals surface area contributed by atoms with Crippen LogP contribution in [0.2, 0.25) is 0 Å². The molecule has 0 aliphatic heterocycles. The summed E-state index contributed by atoms with van der Waals surface area (Å²) in [6.07, 6.45) is 2.21. The predicted octanol–water partition coefficient (Wildman–Crippen LogP) is 6.20. The summed E-state index contributed by atoms with van der Waals surface area (Å²) in [5.41, 5.74) is 3.20. The minimum Gasteiger partial charge on any atom is -0.507 e. The maximum atomic E-state index is 12.3. The molecule has 2 aromatic carbocycles. The Morgan fingerprint density at radius 2 is 1.90 bits per heavy atom. The van der Waals surface area contributed by atoms with Gasteiger partial charge in [0.25, 0.3) is 0 Å². The lowest BCUT2D eigenvalue weighted by Gasteiger charge is -2.14. The molecule has 0 saturated carbocycles. The number of thioether (sulfide) groups is 1. The third kappa shape index (κ3) is 5.86. The minimum atomic E-state index is -0.0461. The number of carbonyl (C=O) groups excluding carboxylic acids is 1. The van der Waals surface area contributed by atoms with Crippen molar-refractivity contribution in [1.29, 1.82) is 0 Å². The van der Waals surface area contributed by atoms with E-state index >= 15 is 0 Å². The molecule has 0 fully saturated rings. The number of carbonyl (C=O) groups is 1. The Balaban J connectivity index is 1.64. The molecule has 4 nitrogen and oxygen atoms in total. The van der Waals surface area contributed by atoms with Gasteiger partial charge < -0.3 is 9.84 Å². The van der Waals surface area contributed by atoms with Crippen LogP contribution in [0.4, 0.5) is 0 Å². The third-order valence-electron chi connectivity index (χ3n) is 4.69. The SMILES string of the molecule is Cc1c(OCc2cccc(CSc3ccccn3)c2)ccc(C(=O)CC(C)C)c1O. The van der Waals surface area contributed by atoms with Crippen molar-refractivity contribution < 1.29 is 14.6 Å². The van der Waals surface area contributed by atoms with E-state index in [-0.39, 0.29) is 17.5 Å². The van der Waals surface area contributed by atoms with Crippen LogP contribution in [0.1, 0.15) is 47.3 Å². The summed E-state index contributed by atoms with van der Waals surface area (Å²) in [7, 11) is 0. The van der Waals surface area contributed by atoms with Gasteiger partial charge in [-0.3, -0.25) is 4.79 Å². The van der Waals surface area contributed by atoms with Gasteiger partial charge in [-0.2, -0.15) is 0 Å². The first-order valence-corrected chi connectivity index (χ1v) is 11.0. The van der Waals surface area contributed by atoms with Gasteiger partial charge in [-0.25, -0.2) is 4.98 Å². The molecular weight excluding hydrogens is 394 g/mol. The van der Waals surface area contributed by atoms with E-state index in [4.69, 9.17) is 4.74 Å². The maximum absolute atomic E-state index is 12.3. The van der Waals surface area contributed by atoms with E-state index in [2.05, 4.69) is 17.1 Å². The highest BCUT2D eigenvalue weighted by Crippen LogP contribution is 2.32. The van der Waals surface area contributed by atoms with Crippen molar-refractivity contribution in [3.8, 4) is 11.5 Å². The van der Waals surface area contributed by atoms with Crippen LogP contribution in [0.15, 0.2) is 65.8 Å². The molecule has 0 atom stereocenters. The monoisotopic (exact) mass is 421 g/mol. The third-order valence-corrected chi connectivity index (χ3v) is 5.70. The average Bonchev–Trinajstić information content (AvgIpc) is 2.74. The van der Waals surface area contributed by atoms with Crippen molar-refractivity contribution in [3.05, 3.63) is 83.0 Å². The number of aromatic hydroxyl groups is 1. The van der Waals surface area contributed by atoms with Gasteiger partial charge in [-0.05, 0) is 48.2 Å². The molecule has 0 bridgehead atoms. The molecule has 1 N–H and O–H groups in total. The number of ether oxygens (including phenoxy) is 1. The molecule has 0 spiro atoms. The quantitative estimate of drug-likeness (QED) is 0.329. The lowest BCUT2D eigenvalue weighted by molar-refractivity contribution is 0.0965. The number of nitrogens with zero attached hydrogens (tertiary/aromatic N) is 1. The molecule has 3 aromatic rings. The molecule has 1 aromatic heterocycles. The van der Waals surface area contributed by atoms with Crippen LogP contribution in [-0.2, 0) is 12.4 Å². The molecule has 3 rings (SSSR count). The van der Waals surface area contributed by atoms with E-state index in [0.29, 0.717) is 29.9 Å². The van der Waals surface area contributed by atoms with Gasteiger partial charge in [0.2, 0.25) is 0 Å². The van der Waals surface area contributed by atoms with Crippen molar-refractivity contribution in [1.82, 2.24) is 4.98 Å². The molecule has 1 heterocycles. The molecule has 0 saturated heterocycles. The van der Waals surface area contributed by atoms with Gasteiger partial charge in [0.1, 0.15) is 18.1 Å². The van der Waals surface area contributed by atoms with E-state index in [9.17, 15) is 9.90 Å². The van der Waals surface area contributed by atoms with Crippen molar-refractivity contribution in [2.75, 3.05) is 0 Å². The number of benzene rings is 2. The lowest BCUT2D eigenvalue weighted by atomic mass is 9.98. The van der Waals surface area contributed by atoms with Crippen molar-refractivity contribution >= 4 is 17.5 Å². The zero-order valence-corrected chi connectivity index (χ0v) is 18.4. The number of phenolic OH excluding ortho intramolecular Hbond substituents is 1. The highest BCUT2D eigenvalue weighted by molar-refractivity contribution is 7.98. The summed E-state index contributed by atoms with van der Waals surface area (Å²) in [6.45, 7) is 6.14. The van der Waals surface area contributed by atoms with Gasteiger partial charge >= 0.3 is 0 Å². The van der Waals surface area contributed by atoms with Crippen molar-refractivity contribution in [3.63, 3.8) is 0 Å². The van der Waals surface area contributed by atoms with E-state index in [0.717, 1.165) is 16.3 Å². The molecule has 0 aliphatic carbocycles. The Morgan fingerprint density at radius 3 is 2.63 bits per heavy atom. The van der Waals surface area contributed by atoms with Crippen LogP contribution in [0, 0.1) is 12.8 Å². The molecule has 156 valence electrons. The summed E-state index contributed by atoms with van der Waals surface area (Å²) in [5.74, 6) is 1.63. The zero-order valence-electron chi connectivity index (χ0n) is 17.6. The predicted molar refractivity (Wildman–Crippen MR) is 121 cm³/mol. The average molecular weight is 422 g/mol. The Morgan fingerprint density at radius 1 is 1.10 bits per heavy atom. The van der Waals surface area contributed by atoms with E-state index in [1.165, 1.54) is 5.56 Å². The highest BCUT2D eigenvalue weighted by atomic mass is 32.2. The molecule has 5 heteroatoms. The van der Waals surface area contributed by atoms with Gasteiger partial charge in [0.05, 0.1) is 10.6 Å². The summed E-state index contributed by atoms with van der Waals surface area (Å²) in [6, 6.07) is 17.6. The van der Waals surface area contributed by atoms with Crippen molar-refractivity contribution in [2.24, 2.45) is 5.92 Å². The first-order valence-electron chi connectivity index (χ1n) is 10.0.